The molecule has 0 saturated carbocycles. The van der Waals surface area contributed by atoms with Gasteiger partial charge in [-0.25, -0.2) is 0 Å². The second-order valence-electron chi connectivity index (χ2n) is 4.46. The highest BCUT2D eigenvalue weighted by atomic mass is 79.9. The summed E-state index contributed by atoms with van der Waals surface area (Å²) in [5.74, 6) is 0. The number of hydrogen-bond donors (Lipinski definition) is 2. The van der Waals surface area contributed by atoms with Gasteiger partial charge in [-0.2, -0.15) is 0 Å². The van der Waals surface area contributed by atoms with Crippen LogP contribution in [0.5, 0.6) is 0 Å². The van der Waals surface area contributed by atoms with Gasteiger partial charge in [0.2, 0.25) is 0 Å². The van der Waals surface area contributed by atoms with Gasteiger partial charge in [0.25, 0.3) is 0 Å². The molecule has 0 aliphatic rings. The topological polar surface area (TPSA) is 24.1 Å². The van der Waals surface area contributed by atoms with Gasteiger partial charge in [-0.3, -0.25) is 0 Å². The first-order valence-corrected chi connectivity index (χ1v) is 7.01. The van der Waals surface area contributed by atoms with Crippen LogP contribution in [-0.4, -0.2) is 11.2 Å². The van der Waals surface area contributed by atoms with Crippen molar-refractivity contribution in [1.82, 2.24) is 5.32 Å². The van der Waals surface area contributed by atoms with Crippen molar-refractivity contribution in [1.29, 1.82) is 0 Å². The van der Waals surface area contributed by atoms with Gasteiger partial charge >= 0.3 is 0 Å². The maximum atomic E-state index is 5.23. The van der Waals surface area contributed by atoms with E-state index < -0.39 is 0 Å². The van der Waals surface area contributed by atoms with Gasteiger partial charge in [0, 0.05) is 16.2 Å². The van der Waals surface area contributed by atoms with Crippen LogP contribution in [0, 0.1) is 0 Å². The fourth-order valence-electron chi connectivity index (χ4n) is 1.72. The summed E-state index contributed by atoms with van der Waals surface area (Å²) in [6.45, 7) is 4.12. The molecule has 4 heteroatoms. The van der Waals surface area contributed by atoms with Gasteiger partial charge < -0.3 is 10.6 Å². The first kappa shape index (κ1) is 13.3. The Morgan fingerprint density at radius 1 is 1.11 bits per heavy atom. The van der Waals surface area contributed by atoms with Crippen LogP contribution >= 0.6 is 28.1 Å². The lowest BCUT2D eigenvalue weighted by Gasteiger charge is -2.13. The lowest BCUT2D eigenvalue weighted by atomic mass is 10.1. The molecule has 94 valence electrons. The third kappa shape index (κ3) is 3.43. The van der Waals surface area contributed by atoms with Gasteiger partial charge in [0.1, 0.15) is 0 Å². The zero-order valence-corrected chi connectivity index (χ0v) is 12.7. The van der Waals surface area contributed by atoms with Crippen molar-refractivity contribution < 1.29 is 0 Å². The molecule has 0 atom stereocenters. The van der Waals surface area contributed by atoms with E-state index >= 15 is 0 Å². The van der Waals surface area contributed by atoms with Crippen LogP contribution in [0.2, 0.25) is 0 Å². The molecule has 2 N–H and O–H groups in total. The van der Waals surface area contributed by atoms with E-state index in [4.69, 9.17) is 12.2 Å². The van der Waals surface area contributed by atoms with Crippen LogP contribution in [0.3, 0.4) is 0 Å². The van der Waals surface area contributed by atoms with Crippen LogP contribution in [0.1, 0.15) is 13.8 Å². The fraction of sp³-hybridized carbons (Fsp3) is 0.214. The molecule has 2 nitrogen and oxygen atoms in total. The lowest BCUT2D eigenvalue weighted by Crippen LogP contribution is -2.33. The molecule has 0 radical (unpaired) electrons. The molecule has 0 aliphatic heterocycles. The van der Waals surface area contributed by atoms with E-state index in [1.54, 1.807) is 0 Å². The van der Waals surface area contributed by atoms with E-state index in [2.05, 4.69) is 64.7 Å². The molecule has 2 rings (SSSR count). The van der Waals surface area contributed by atoms with E-state index in [1.807, 2.05) is 12.1 Å². The third-order valence-corrected chi connectivity index (χ3v) is 3.19. The number of nitrogens with one attached hydrogen (secondary N) is 2. The van der Waals surface area contributed by atoms with Crippen molar-refractivity contribution in [2.75, 3.05) is 5.32 Å². The van der Waals surface area contributed by atoms with Crippen molar-refractivity contribution in [2.24, 2.45) is 0 Å². The maximum absolute atomic E-state index is 5.23. The Kier molecular flexibility index (Phi) is 4.19. The van der Waals surface area contributed by atoms with Crippen LogP contribution in [0.25, 0.3) is 10.8 Å². The lowest BCUT2D eigenvalue weighted by molar-refractivity contribution is 0.739. The molecule has 0 aliphatic carbocycles. The third-order valence-electron chi connectivity index (χ3n) is 2.48. The van der Waals surface area contributed by atoms with Crippen molar-refractivity contribution in [3.63, 3.8) is 0 Å². The second kappa shape index (κ2) is 5.67. The number of thiocarbonyl (C=S) groups is 1. The molecule has 0 unspecified atom stereocenters. The first-order chi connectivity index (χ1) is 8.54. The van der Waals surface area contributed by atoms with Crippen LogP contribution in [0.4, 0.5) is 5.69 Å². The SMILES string of the molecule is CC(C)NC(=S)Nc1ccc2cc(Br)ccc2c1. The summed E-state index contributed by atoms with van der Waals surface area (Å²) in [5, 5.41) is 9.40. The number of fused-ring (bicyclic) bond motifs is 1. The molecule has 2 aromatic carbocycles. The normalized spacial score (nSPS) is 10.7. The quantitative estimate of drug-likeness (QED) is 0.806. The van der Waals surface area contributed by atoms with Gasteiger partial charge in [0.05, 0.1) is 0 Å². The molecule has 0 amide bonds. The molecule has 2 aromatic rings. The van der Waals surface area contributed by atoms with Crippen molar-refractivity contribution in [3.05, 3.63) is 40.9 Å². The minimum absolute atomic E-state index is 0.335. The van der Waals surface area contributed by atoms with Crippen molar-refractivity contribution in [3.8, 4) is 0 Å². The van der Waals surface area contributed by atoms with Crippen LogP contribution in [-0.2, 0) is 0 Å². The molecule has 0 fully saturated rings. The Bertz CT molecular complexity index is 581. The summed E-state index contributed by atoms with van der Waals surface area (Å²) >= 11 is 8.70. The van der Waals surface area contributed by atoms with Gasteiger partial charge in [-0.15, -0.1) is 0 Å². The molecular weight excluding hydrogens is 308 g/mol. The largest absolute Gasteiger partial charge is 0.360 e. The minimum Gasteiger partial charge on any atom is -0.360 e. The van der Waals surface area contributed by atoms with Crippen molar-refractivity contribution in [2.45, 2.75) is 19.9 Å². The standard InChI is InChI=1S/C14H15BrN2S/c1-9(2)16-14(18)17-13-6-4-10-7-12(15)5-3-11(10)8-13/h3-9H,1-2H3,(H2,16,17,18). The Balaban J connectivity index is 2.20. The smallest absolute Gasteiger partial charge is 0.170 e. The van der Waals surface area contributed by atoms with Crippen molar-refractivity contribution >= 4 is 49.7 Å². The Morgan fingerprint density at radius 3 is 2.50 bits per heavy atom. The summed E-state index contributed by atoms with van der Waals surface area (Å²) in [5.41, 5.74) is 1.00. The molecule has 0 bridgehead atoms. The van der Waals surface area contributed by atoms with E-state index in [9.17, 15) is 0 Å². The zero-order valence-electron chi connectivity index (χ0n) is 10.3. The molecule has 0 spiro atoms. The monoisotopic (exact) mass is 322 g/mol. The van der Waals surface area contributed by atoms with E-state index in [0.29, 0.717) is 11.2 Å². The number of rotatable bonds is 2. The van der Waals surface area contributed by atoms with Gasteiger partial charge in [0.15, 0.2) is 5.11 Å². The highest BCUT2D eigenvalue weighted by Gasteiger charge is 2.01. The zero-order chi connectivity index (χ0) is 13.1. The number of halogens is 1. The molecule has 0 saturated heterocycles. The minimum atomic E-state index is 0.335. The summed E-state index contributed by atoms with van der Waals surface area (Å²) < 4.78 is 1.09. The summed E-state index contributed by atoms with van der Waals surface area (Å²) in [6.07, 6.45) is 0. The average molecular weight is 323 g/mol. The summed E-state index contributed by atoms with van der Waals surface area (Å²) in [4.78, 5) is 0. The molecule has 0 heterocycles. The van der Waals surface area contributed by atoms with E-state index in [1.165, 1.54) is 10.8 Å². The Morgan fingerprint density at radius 2 is 1.78 bits per heavy atom. The van der Waals surface area contributed by atoms with E-state index in [-0.39, 0.29) is 0 Å². The molecule has 0 aromatic heterocycles. The van der Waals surface area contributed by atoms with Crippen LogP contribution < -0.4 is 10.6 Å². The predicted octanol–water partition coefficient (Wildman–Crippen LogP) is 4.30. The fourth-order valence-corrected chi connectivity index (χ4v) is 2.46. The number of anilines is 1. The highest BCUT2D eigenvalue weighted by Crippen LogP contribution is 2.22. The van der Waals surface area contributed by atoms with Gasteiger partial charge in [-0.1, -0.05) is 28.1 Å². The highest BCUT2D eigenvalue weighted by molar-refractivity contribution is 9.10. The first-order valence-electron chi connectivity index (χ1n) is 5.81. The number of hydrogen-bond acceptors (Lipinski definition) is 1. The Labute approximate surface area is 121 Å². The van der Waals surface area contributed by atoms with Crippen LogP contribution in [0.15, 0.2) is 40.9 Å². The van der Waals surface area contributed by atoms with E-state index in [0.717, 1.165) is 10.2 Å². The molecule has 18 heavy (non-hydrogen) atoms. The summed E-state index contributed by atoms with van der Waals surface area (Å²) in [6, 6.07) is 12.8. The maximum Gasteiger partial charge on any atom is 0.170 e. The predicted molar refractivity (Wildman–Crippen MR) is 86.1 cm³/mol. The average Bonchev–Trinajstić information content (AvgIpc) is 2.28. The summed E-state index contributed by atoms with van der Waals surface area (Å²) in [7, 11) is 0. The number of benzene rings is 2. The molecular formula is C14H15BrN2S. The van der Waals surface area contributed by atoms with Gasteiger partial charge in [-0.05, 0) is 61.1 Å². The second-order valence-corrected chi connectivity index (χ2v) is 5.78. The Hall–Kier alpha value is -1.13.